The van der Waals surface area contributed by atoms with Crippen molar-refractivity contribution in [3.63, 3.8) is 0 Å². The van der Waals surface area contributed by atoms with Crippen molar-refractivity contribution in [2.24, 2.45) is 0 Å². The maximum absolute atomic E-state index is 2.31. The third-order valence-electron chi connectivity index (χ3n) is 7.76. The van der Waals surface area contributed by atoms with E-state index < -0.39 is 0 Å². The molecule has 0 aliphatic heterocycles. The van der Waals surface area contributed by atoms with Gasteiger partial charge in [0.15, 0.2) is 0 Å². The van der Waals surface area contributed by atoms with Crippen molar-refractivity contribution < 1.29 is 52.8 Å². The molecule has 0 amide bonds. The molecule has 0 nitrogen and oxygen atoms in total. The molecular formula is C42H42F2P2Ti2-2. The molecule has 0 bridgehead atoms. The zero-order valence-corrected chi connectivity index (χ0v) is 33.4. The summed E-state index contributed by atoms with van der Waals surface area (Å²) < 4.78 is 0. The number of fused-ring (bicyclic) bond motifs is 4. The number of hydrogen-bond acceptors (Lipinski definition) is 0. The monoisotopic (exact) mass is 742 g/mol. The molecule has 0 atom stereocenters. The first-order chi connectivity index (χ1) is 21.3. The van der Waals surface area contributed by atoms with E-state index in [-0.39, 0.29) is 68.7 Å². The summed E-state index contributed by atoms with van der Waals surface area (Å²) in [5.41, 5.74) is 2.70. The summed E-state index contributed by atoms with van der Waals surface area (Å²) in [6, 6.07) is 52.0. The smallest absolute Gasteiger partial charge is 1.00 e. The molecule has 8 rings (SSSR count). The fraction of sp³-hybridized carbons (Fsp3) is 0.143. The van der Waals surface area contributed by atoms with Crippen LogP contribution in [0.2, 0.25) is 0 Å². The van der Waals surface area contributed by atoms with Crippen LogP contribution < -0.4 is 20.0 Å². The topological polar surface area (TPSA) is 0 Å². The Morgan fingerprint density at radius 1 is 0.375 bits per heavy atom. The van der Waals surface area contributed by atoms with E-state index in [1.54, 1.807) is 0 Å². The van der Waals surface area contributed by atoms with Crippen LogP contribution in [0.25, 0.3) is 43.1 Å². The molecule has 0 spiro atoms. The van der Waals surface area contributed by atoms with Crippen molar-refractivity contribution in [2.75, 3.05) is 26.7 Å². The predicted octanol–water partition coefficient (Wildman–Crippen LogP) is 5.59. The van der Waals surface area contributed by atoms with Crippen molar-refractivity contribution in [3.05, 3.63) is 157 Å². The zero-order chi connectivity index (χ0) is 31.1. The van der Waals surface area contributed by atoms with E-state index in [0.717, 1.165) is 0 Å². The number of halogens is 2. The molecule has 0 saturated heterocycles. The van der Waals surface area contributed by atoms with Gasteiger partial charge >= 0.3 is 43.4 Å². The van der Waals surface area contributed by atoms with Gasteiger partial charge in [0.05, 0.1) is 0 Å². The molecule has 0 aliphatic carbocycles. The third-order valence-corrected chi connectivity index (χ3v) is 10.3. The van der Waals surface area contributed by atoms with Crippen LogP contribution in [0.5, 0.6) is 0 Å². The number of aryl methyl sites for hydroxylation is 2. The Bertz CT molecular complexity index is 1800. The molecule has 0 N–H and O–H groups in total. The fourth-order valence-corrected chi connectivity index (χ4v) is 6.99. The summed E-state index contributed by atoms with van der Waals surface area (Å²) in [7, 11) is 0.115. The van der Waals surface area contributed by atoms with E-state index in [0.29, 0.717) is 0 Å². The molecule has 0 radical (unpaired) electrons. The normalized spacial score (nSPS) is 10.0. The molecule has 0 aromatic heterocycles. The van der Waals surface area contributed by atoms with Crippen LogP contribution in [0, 0.1) is 13.8 Å². The van der Waals surface area contributed by atoms with E-state index in [1.807, 2.05) is 0 Å². The van der Waals surface area contributed by atoms with Crippen LogP contribution in [-0.2, 0) is 43.4 Å². The standard InChI is InChI=1S/2C11H12P.2C10H9.2FH.2Ti/c2*1-12(2)11-7-9-5-3-4-6-10(9)8-11;2*1-8-6-9-4-2-3-5-10(9)7-8;;;;/h2*3-8H,1-2H3;2*2-7H,1H3;2*1H;;/q4*-1;;;2*+2/p-2. The van der Waals surface area contributed by atoms with Gasteiger partial charge in [-0.05, 0) is 26.7 Å². The van der Waals surface area contributed by atoms with Gasteiger partial charge in [-0.2, -0.15) is 24.3 Å². The summed E-state index contributed by atoms with van der Waals surface area (Å²) in [4.78, 5) is 0. The third kappa shape index (κ3) is 11.8. The first kappa shape index (κ1) is 43.5. The quantitative estimate of drug-likeness (QED) is 0.123. The van der Waals surface area contributed by atoms with Gasteiger partial charge in [-0.1, -0.05) is 38.1 Å². The number of hydrogen-bond donors (Lipinski definition) is 0. The Morgan fingerprint density at radius 3 is 0.875 bits per heavy atom. The summed E-state index contributed by atoms with van der Waals surface area (Å²) in [5, 5.41) is 13.9. The molecule has 0 unspecified atom stereocenters. The number of benzene rings is 4. The van der Waals surface area contributed by atoms with Crippen molar-refractivity contribution in [3.8, 4) is 0 Å². The Hall–Kier alpha value is -2.53. The first-order valence-electron chi connectivity index (χ1n) is 15.2. The van der Waals surface area contributed by atoms with E-state index in [9.17, 15) is 0 Å². The van der Waals surface area contributed by atoms with Crippen molar-refractivity contribution in [2.45, 2.75) is 13.8 Å². The van der Waals surface area contributed by atoms with E-state index in [4.69, 9.17) is 0 Å². The summed E-state index contributed by atoms with van der Waals surface area (Å²) in [6.07, 6.45) is 0. The zero-order valence-electron chi connectivity index (χ0n) is 28.5. The molecule has 0 aliphatic rings. The van der Waals surface area contributed by atoms with Gasteiger partial charge < -0.3 is 9.41 Å². The maximum atomic E-state index is 2.31. The summed E-state index contributed by atoms with van der Waals surface area (Å²) in [5.74, 6) is 0. The van der Waals surface area contributed by atoms with Gasteiger partial charge in [-0.15, -0.1) is 178 Å². The molecule has 0 fully saturated rings. The average Bonchev–Trinajstić information content (AvgIpc) is 3.80. The molecule has 8 aromatic carbocycles. The molecule has 8 aromatic rings. The maximum Gasteiger partial charge on any atom is 2.00 e. The molecule has 0 heterocycles. The Morgan fingerprint density at radius 2 is 0.625 bits per heavy atom. The van der Waals surface area contributed by atoms with Gasteiger partial charge in [-0.3, -0.25) is 0 Å². The second kappa shape index (κ2) is 20.9. The number of rotatable bonds is 2. The molecule has 0 saturated carbocycles. The SMILES string of the molecule is CP(C)c1cc2ccccc2[cH-]1.CP(C)c1cc2ccccc2[cH-]1.Cc1cc2ccccc2[cH-]1.Cc1cc2ccccc2[cH-]1.[F-].[F-].[Ti+2].[Ti+2]. The Kier molecular flexibility index (Phi) is 18.9. The summed E-state index contributed by atoms with van der Waals surface area (Å²) >= 11 is 0. The van der Waals surface area contributed by atoms with E-state index in [1.165, 1.54) is 64.8 Å². The van der Waals surface area contributed by atoms with Gasteiger partial charge in [-0.25, -0.2) is 0 Å². The molecule has 48 heavy (non-hydrogen) atoms. The Labute approximate surface area is 317 Å². The predicted molar refractivity (Wildman–Crippen MR) is 204 cm³/mol. The van der Waals surface area contributed by atoms with Crippen LogP contribution in [0.4, 0.5) is 0 Å². The van der Waals surface area contributed by atoms with Crippen molar-refractivity contribution in [1.82, 2.24) is 0 Å². The Balaban J connectivity index is 0.000000312. The van der Waals surface area contributed by atoms with Crippen LogP contribution in [0.1, 0.15) is 11.1 Å². The average molecular weight is 742 g/mol. The minimum atomic E-state index is 0. The van der Waals surface area contributed by atoms with Gasteiger partial charge in [0, 0.05) is 0 Å². The molecular weight excluding hydrogens is 700 g/mol. The van der Waals surface area contributed by atoms with Gasteiger partial charge in [0.1, 0.15) is 0 Å². The first-order valence-corrected chi connectivity index (χ1v) is 19.6. The van der Waals surface area contributed by atoms with Gasteiger partial charge in [0.2, 0.25) is 0 Å². The minimum absolute atomic E-state index is 0. The van der Waals surface area contributed by atoms with Crippen molar-refractivity contribution >= 4 is 69.5 Å². The molecule has 244 valence electrons. The minimum Gasteiger partial charge on any atom is -1.00 e. The fourth-order valence-electron chi connectivity index (χ4n) is 5.40. The second-order valence-corrected chi connectivity index (χ2v) is 16.4. The van der Waals surface area contributed by atoms with Crippen LogP contribution in [0.3, 0.4) is 0 Å². The largest absolute Gasteiger partial charge is 2.00 e. The second-order valence-electron chi connectivity index (χ2n) is 11.8. The molecule has 6 heteroatoms. The van der Waals surface area contributed by atoms with Crippen LogP contribution in [-0.4, -0.2) is 26.7 Å². The van der Waals surface area contributed by atoms with E-state index >= 15 is 0 Å². The van der Waals surface area contributed by atoms with Crippen LogP contribution in [0.15, 0.2) is 146 Å². The van der Waals surface area contributed by atoms with E-state index in [2.05, 4.69) is 186 Å². The summed E-state index contributed by atoms with van der Waals surface area (Å²) in [6.45, 7) is 13.4. The van der Waals surface area contributed by atoms with Gasteiger partial charge in [0.25, 0.3) is 0 Å². The van der Waals surface area contributed by atoms with Crippen molar-refractivity contribution in [1.29, 1.82) is 0 Å². The van der Waals surface area contributed by atoms with Crippen LogP contribution >= 0.6 is 15.8 Å².